The summed E-state index contributed by atoms with van der Waals surface area (Å²) >= 11 is 0. The lowest BCUT2D eigenvalue weighted by atomic mass is 10.6. The van der Waals surface area contributed by atoms with Crippen LogP contribution < -0.4 is 11.1 Å². The van der Waals surface area contributed by atoms with Crippen molar-refractivity contribution >= 4 is 9.84 Å². The second-order valence-corrected chi connectivity index (χ2v) is 4.99. The Morgan fingerprint density at radius 3 is 2.42 bits per heavy atom. The molecule has 0 fully saturated rings. The van der Waals surface area contributed by atoms with Crippen LogP contribution in [0.3, 0.4) is 0 Å². The minimum Gasteiger partial charge on any atom is -0.329 e. The molecule has 3 N–H and O–H groups in total. The molecule has 0 rings (SSSR count). The number of rotatable bonds is 7. The molecule has 0 radical (unpaired) electrons. The summed E-state index contributed by atoms with van der Waals surface area (Å²) in [5.74, 6) is 0.512. The molecule has 0 unspecified atom stereocenters. The molecule has 0 saturated heterocycles. The van der Waals surface area contributed by atoms with E-state index in [9.17, 15) is 8.42 Å². The summed E-state index contributed by atoms with van der Waals surface area (Å²) in [6, 6.07) is 0. The van der Waals surface area contributed by atoms with Gasteiger partial charge in [0, 0.05) is 25.4 Å². The Hall–Kier alpha value is -0.130. The van der Waals surface area contributed by atoms with Crippen molar-refractivity contribution in [2.45, 2.75) is 13.3 Å². The van der Waals surface area contributed by atoms with Crippen LogP contribution in [0.15, 0.2) is 0 Å². The van der Waals surface area contributed by atoms with E-state index in [4.69, 9.17) is 5.73 Å². The lowest BCUT2D eigenvalue weighted by molar-refractivity contribution is 0.590. The highest BCUT2D eigenvalue weighted by Gasteiger charge is 2.07. The van der Waals surface area contributed by atoms with E-state index in [1.807, 2.05) is 6.92 Å². The normalized spacial score (nSPS) is 11.8. The Kier molecular flexibility index (Phi) is 6.32. The van der Waals surface area contributed by atoms with Gasteiger partial charge in [-0.25, -0.2) is 8.42 Å². The van der Waals surface area contributed by atoms with Crippen molar-refractivity contribution in [3.05, 3.63) is 0 Å². The molecule has 0 aliphatic carbocycles. The molecule has 0 saturated carbocycles. The Morgan fingerprint density at radius 2 is 1.92 bits per heavy atom. The van der Waals surface area contributed by atoms with Gasteiger partial charge in [-0.05, 0) is 6.42 Å². The molecule has 74 valence electrons. The summed E-state index contributed by atoms with van der Waals surface area (Å²) in [6.07, 6.45) is 0.694. The average Bonchev–Trinajstić information content (AvgIpc) is 1.98. The van der Waals surface area contributed by atoms with Crippen molar-refractivity contribution < 1.29 is 8.42 Å². The molecule has 0 spiro atoms. The van der Waals surface area contributed by atoms with Crippen molar-refractivity contribution in [3.63, 3.8) is 0 Å². The Bertz CT molecular complexity index is 190. The van der Waals surface area contributed by atoms with Crippen LogP contribution in [0, 0.1) is 0 Å². The topological polar surface area (TPSA) is 72.2 Å². The van der Waals surface area contributed by atoms with E-state index in [-0.39, 0.29) is 11.5 Å². The SMILES string of the molecule is CCCS(=O)(=O)CCNCCN. The first kappa shape index (κ1) is 11.9. The van der Waals surface area contributed by atoms with Crippen LogP contribution >= 0.6 is 0 Å². The molecular weight excluding hydrogens is 176 g/mol. The average molecular weight is 194 g/mol. The number of nitrogens with two attached hydrogens (primary N) is 1. The first-order chi connectivity index (χ1) is 5.62. The largest absolute Gasteiger partial charge is 0.329 e. The van der Waals surface area contributed by atoms with Gasteiger partial charge in [0.2, 0.25) is 0 Å². The molecule has 0 bridgehead atoms. The van der Waals surface area contributed by atoms with Crippen LogP contribution in [0.1, 0.15) is 13.3 Å². The molecule has 0 aromatic heterocycles. The maximum absolute atomic E-state index is 11.1. The molecular formula is C7H18N2O2S. The third-order valence-corrected chi connectivity index (χ3v) is 3.28. The second kappa shape index (κ2) is 6.39. The molecule has 0 aliphatic rings. The lowest BCUT2D eigenvalue weighted by Crippen LogP contribution is -2.28. The van der Waals surface area contributed by atoms with E-state index in [1.165, 1.54) is 0 Å². The van der Waals surface area contributed by atoms with Crippen molar-refractivity contribution in [3.8, 4) is 0 Å². The van der Waals surface area contributed by atoms with Crippen molar-refractivity contribution in [2.75, 3.05) is 31.1 Å². The van der Waals surface area contributed by atoms with Crippen LogP contribution in [0.4, 0.5) is 0 Å². The van der Waals surface area contributed by atoms with Gasteiger partial charge >= 0.3 is 0 Å². The first-order valence-corrected chi connectivity index (χ1v) is 6.05. The Morgan fingerprint density at radius 1 is 1.25 bits per heavy atom. The summed E-state index contributed by atoms with van der Waals surface area (Å²) in [5, 5.41) is 2.95. The van der Waals surface area contributed by atoms with Crippen LogP contribution in [0.5, 0.6) is 0 Å². The van der Waals surface area contributed by atoms with Gasteiger partial charge in [-0.2, -0.15) is 0 Å². The zero-order chi connectivity index (χ0) is 9.45. The smallest absolute Gasteiger partial charge is 0.151 e. The van der Waals surface area contributed by atoms with Crippen molar-refractivity contribution in [1.82, 2.24) is 5.32 Å². The van der Waals surface area contributed by atoms with Gasteiger partial charge in [-0.3, -0.25) is 0 Å². The third kappa shape index (κ3) is 6.57. The standard InChI is InChI=1S/C7H18N2O2S/c1-2-6-12(10,11)7-5-9-4-3-8/h9H,2-8H2,1H3. The van der Waals surface area contributed by atoms with Crippen molar-refractivity contribution in [1.29, 1.82) is 0 Å². The molecule has 0 heterocycles. The second-order valence-electron chi connectivity index (χ2n) is 2.69. The predicted octanol–water partition coefficient (Wildman–Crippen LogP) is -0.640. The molecule has 0 amide bonds. The van der Waals surface area contributed by atoms with Gasteiger partial charge in [0.15, 0.2) is 9.84 Å². The van der Waals surface area contributed by atoms with Gasteiger partial charge in [0.25, 0.3) is 0 Å². The van der Waals surface area contributed by atoms with Gasteiger partial charge < -0.3 is 11.1 Å². The van der Waals surface area contributed by atoms with E-state index in [2.05, 4.69) is 5.32 Å². The maximum Gasteiger partial charge on any atom is 0.151 e. The van der Waals surface area contributed by atoms with Crippen LogP contribution in [-0.4, -0.2) is 39.6 Å². The van der Waals surface area contributed by atoms with E-state index in [1.54, 1.807) is 0 Å². The maximum atomic E-state index is 11.1. The number of hydrogen-bond donors (Lipinski definition) is 2. The lowest BCUT2D eigenvalue weighted by Gasteiger charge is -2.03. The highest BCUT2D eigenvalue weighted by atomic mass is 32.2. The number of hydrogen-bond acceptors (Lipinski definition) is 4. The third-order valence-electron chi connectivity index (χ3n) is 1.43. The molecule has 5 heteroatoms. The molecule has 0 aromatic rings. The quantitative estimate of drug-likeness (QED) is 0.529. The molecule has 4 nitrogen and oxygen atoms in total. The highest BCUT2D eigenvalue weighted by molar-refractivity contribution is 7.91. The van der Waals surface area contributed by atoms with Crippen LogP contribution in [-0.2, 0) is 9.84 Å². The molecule has 0 aliphatic heterocycles. The minimum atomic E-state index is -2.82. The first-order valence-electron chi connectivity index (χ1n) is 4.23. The Labute approximate surface area is 74.4 Å². The molecule has 0 atom stereocenters. The molecule has 0 aromatic carbocycles. The molecule has 12 heavy (non-hydrogen) atoms. The van der Waals surface area contributed by atoms with E-state index in [0.717, 1.165) is 0 Å². The fourth-order valence-electron chi connectivity index (χ4n) is 0.868. The van der Waals surface area contributed by atoms with E-state index in [0.29, 0.717) is 26.1 Å². The van der Waals surface area contributed by atoms with E-state index < -0.39 is 9.84 Å². The Balaban J connectivity index is 3.48. The van der Waals surface area contributed by atoms with Gasteiger partial charge in [0.05, 0.1) is 5.75 Å². The minimum absolute atomic E-state index is 0.223. The number of sulfone groups is 1. The zero-order valence-electron chi connectivity index (χ0n) is 7.54. The highest BCUT2D eigenvalue weighted by Crippen LogP contribution is 1.91. The summed E-state index contributed by atoms with van der Waals surface area (Å²) in [4.78, 5) is 0. The monoisotopic (exact) mass is 194 g/mol. The van der Waals surface area contributed by atoms with Crippen molar-refractivity contribution in [2.24, 2.45) is 5.73 Å². The summed E-state index contributed by atoms with van der Waals surface area (Å²) in [6.45, 7) is 3.61. The van der Waals surface area contributed by atoms with Crippen LogP contribution in [0.2, 0.25) is 0 Å². The predicted molar refractivity (Wildman–Crippen MR) is 50.9 cm³/mol. The fraction of sp³-hybridized carbons (Fsp3) is 1.00. The van der Waals surface area contributed by atoms with Gasteiger partial charge in [0.1, 0.15) is 0 Å². The summed E-state index contributed by atoms with van der Waals surface area (Å²) < 4.78 is 22.2. The summed E-state index contributed by atoms with van der Waals surface area (Å²) in [7, 11) is -2.82. The fourth-order valence-corrected chi connectivity index (χ4v) is 2.15. The van der Waals surface area contributed by atoms with Gasteiger partial charge in [-0.1, -0.05) is 6.92 Å². The summed E-state index contributed by atoms with van der Waals surface area (Å²) in [5.41, 5.74) is 5.23. The van der Waals surface area contributed by atoms with Crippen LogP contribution in [0.25, 0.3) is 0 Å². The zero-order valence-corrected chi connectivity index (χ0v) is 8.36. The number of nitrogens with one attached hydrogen (secondary N) is 1. The van der Waals surface area contributed by atoms with E-state index >= 15 is 0 Å². The van der Waals surface area contributed by atoms with Gasteiger partial charge in [-0.15, -0.1) is 0 Å².